The van der Waals surface area contributed by atoms with Gasteiger partial charge in [0, 0.05) is 24.0 Å². The first-order valence-corrected chi connectivity index (χ1v) is 8.75. The smallest absolute Gasteiger partial charge is 0.457 e. The summed E-state index contributed by atoms with van der Waals surface area (Å²) in [5, 5.41) is 10.3. The van der Waals surface area contributed by atoms with Crippen molar-refractivity contribution in [3.63, 3.8) is 0 Å². The second-order valence-electron chi connectivity index (χ2n) is 6.10. The zero-order chi connectivity index (χ0) is 21.8. The maximum absolute atomic E-state index is 12.3. The molecule has 0 atom stereocenters. The number of fused-ring (bicyclic) bond motifs is 1. The summed E-state index contributed by atoms with van der Waals surface area (Å²) >= 11 is 0. The van der Waals surface area contributed by atoms with Gasteiger partial charge in [-0.1, -0.05) is 0 Å². The number of hydrogen-bond donors (Lipinski definition) is 1. The lowest BCUT2D eigenvalue weighted by atomic mass is 10.2. The van der Waals surface area contributed by atoms with Gasteiger partial charge < -0.3 is 9.47 Å². The molecule has 0 spiro atoms. The average Bonchev–Trinajstić information content (AvgIpc) is 2.73. The van der Waals surface area contributed by atoms with E-state index < -0.39 is 18.0 Å². The van der Waals surface area contributed by atoms with Crippen molar-refractivity contribution in [3.05, 3.63) is 72.6 Å². The molecule has 1 amide bonds. The van der Waals surface area contributed by atoms with Gasteiger partial charge in [-0.15, -0.1) is 23.4 Å². The first-order chi connectivity index (χ1) is 14.9. The van der Waals surface area contributed by atoms with E-state index in [1.165, 1.54) is 12.1 Å². The summed E-state index contributed by atoms with van der Waals surface area (Å²) < 4.78 is 46.2. The largest absolute Gasteiger partial charge is 0.573 e. The minimum atomic E-state index is -4.81. The van der Waals surface area contributed by atoms with Crippen LogP contribution in [-0.2, 0) is 0 Å². The Morgan fingerprint density at radius 2 is 1.55 bits per heavy atom. The fraction of sp³-hybridized carbons (Fsp3) is 0.0500. The number of rotatable bonds is 5. The molecule has 0 unspecified atom stereocenters. The van der Waals surface area contributed by atoms with E-state index in [4.69, 9.17) is 4.74 Å². The van der Waals surface area contributed by atoms with E-state index in [0.717, 1.165) is 12.1 Å². The van der Waals surface area contributed by atoms with Gasteiger partial charge in [0.2, 0.25) is 5.95 Å². The van der Waals surface area contributed by atoms with E-state index >= 15 is 0 Å². The van der Waals surface area contributed by atoms with Crippen LogP contribution in [-0.4, -0.2) is 32.4 Å². The fourth-order valence-corrected chi connectivity index (χ4v) is 2.56. The van der Waals surface area contributed by atoms with E-state index in [0.29, 0.717) is 22.5 Å². The van der Waals surface area contributed by atoms with Crippen LogP contribution in [0, 0.1) is 0 Å². The summed E-state index contributed by atoms with van der Waals surface area (Å²) in [6.45, 7) is 0. The molecule has 2 heterocycles. The maximum Gasteiger partial charge on any atom is 0.573 e. The summed E-state index contributed by atoms with van der Waals surface area (Å²) in [4.78, 5) is 20.5. The highest BCUT2D eigenvalue weighted by molar-refractivity contribution is 6.03. The van der Waals surface area contributed by atoms with Crippen molar-refractivity contribution in [1.82, 2.24) is 20.2 Å². The first-order valence-electron chi connectivity index (χ1n) is 8.75. The predicted octanol–water partition coefficient (Wildman–Crippen LogP) is 4.36. The second kappa shape index (κ2) is 8.22. The summed E-state index contributed by atoms with van der Waals surface area (Å²) in [6.07, 6.45) is -1.63. The van der Waals surface area contributed by atoms with Gasteiger partial charge in [0.05, 0.1) is 5.52 Å². The predicted molar refractivity (Wildman–Crippen MR) is 103 cm³/mol. The highest BCUT2D eigenvalue weighted by atomic mass is 19.4. The number of halogens is 3. The lowest BCUT2D eigenvalue weighted by Gasteiger charge is -2.09. The number of anilines is 1. The zero-order valence-electron chi connectivity index (χ0n) is 15.5. The number of carbonyl (C=O) groups excluding carboxylic acids is 1. The van der Waals surface area contributed by atoms with E-state index in [9.17, 15) is 18.0 Å². The Bertz CT molecular complexity index is 1220. The number of carbonyl (C=O) groups is 1. The van der Waals surface area contributed by atoms with E-state index in [1.807, 2.05) is 0 Å². The van der Waals surface area contributed by atoms with Crippen LogP contribution in [0.3, 0.4) is 0 Å². The number of nitrogens with zero attached hydrogens (tertiary/aromatic N) is 4. The van der Waals surface area contributed by atoms with Crippen molar-refractivity contribution in [1.29, 1.82) is 0 Å². The molecule has 0 aliphatic heterocycles. The number of aromatic nitrogens is 4. The van der Waals surface area contributed by atoms with Crippen molar-refractivity contribution < 1.29 is 27.4 Å². The molecule has 2 aromatic heterocycles. The molecule has 0 fully saturated rings. The van der Waals surface area contributed by atoms with Gasteiger partial charge in [0.15, 0.2) is 0 Å². The van der Waals surface area contributed by atoms with Crippen LogP contribution in [0.2, 0.25) is 0 Å². The van der Waals surface area contributed by atoms with Crippen LogP contribution in [0.1, 0.15) is 10.4 Å². The molecule has 2 aromatic carbocycles. The summed E-state index contributed by atoms with van der Waals surface area (Å²) in [6, 6.07) is 12.8. The van der Waals surface area contributed by atoms with Crippen LogP contribution in [0.5, 0.6) is 17.2 Å². The van der Waals surface area contributed by atoms with E-state index in [1.54, 1.807) is 42.7 Å². The van der Waals surface area contributed by atoms with Crippen molar-refractivity contribution in [2.24, 2.45) is 0 Å². The molecule has 0 bridgehead atoms. The SMILES string of the molecule is O=C(Nc1nnc2ccc(Oc3ccncc3)cc2n1)c1ccc(OC(F)(F)F)cc1. The third-order valence-electron chi connectivity index (χ3n) is 3.89. The highest BCUT2D eigenvalue weighted by Gasteiger charge is 2.31. The van der Waals surface area contributed by atoms with Crippen LogP contribution in [0.15, 0.2) is 67.0 Å². The van der Waals surface area contributed by atoms with Crippen molar-refractivity contribution in [2.75, 3.05) is 5.32 Å². The Labute approximate surface area is 172 Å². The van der Waals surface area contributed by atoms with Gasteiger partial charge >= 0.3 is 6.36 Å². The number of pyridine rings is 1. The lowest BCUT2D eigenvalue weighted by molar-refractivity contribution is -0.274. The first kappa shape index (κ1) is 20.0. The van der Waals surface area contributed by atoms with E-state index in [2.05, 4.69) is 30.2 Å². The minimum Gasteiger partial charge on any atom is -0.457 e. The van der Waals surface area contributed by atoms with Gasteiger partial charge in [-0.25, -0.2) is 4.98 Å². The quantitative estimate of drug-likeness (QED) is 0.505. The number of hydrogen-bond acceptors (Lipinski definition) is 7. The molecule has 4 rings (SSSR count). The molecular formula is C20H12F3N5O3. The molecule has 0 saturated heterocycles. The number of nitrogens with one attached hydrogen (secondary N) is 1. The standard InChI is InChI=1S/C20H12F3N5O3/c21-20(22,23)31-14-3-1-12(2-4-14)18(29)26-19-25-17-11-15(5-6-16(17)27-28-19)30-13-7-9-24-10-8-13/h1-11H,(H,25,26,28,29). The second-order valence-corrected chi connectivity index (χ2v) is 6.10. The minimum absolute atomic E-state index is 0.0748. The third-order valence-corrected chi connectivity index (χ3v) is 3.89. The maximum atomic E-state index is 12.3. The van der Waals surface area contributed by atoms with Crippen LogP contribution in [0.4, 0.5) is 19.1 Å². The van der Waals surface area contributed by atoms with Gasteiger partial charge in [-0.3, -0.25) is 15.1 Å². The van der Waals surface area contributed by atoms with Gasteiger partial charge in [0.1, 0.15) is 22.8 Å². The molecule has 8 nitrogen and oxygen atoms in total. The molecule has 11 heteroatoms. The number of benzene rings is 2. The van der Waals surface area contributed by atoms with Gasteiger partial charge in [-0.2, -0.15) is 0 Å². The summed E-state index contributed by atoms with van der Waals surface area (Å²) in [7, 11) is 0. The molecule has 0 saturated carbocycles. The fourth-order valence-electron chi connectivity index (χ4n) is 2.56. The third kappa shape index (κ3) is 5.21. The van der Waals surface area contributed by atoms with Crippen molar-refractivity contribution in [3.8, 4) is 17.2 Å². The molecule has 1 N–H and O–H groups in total. The van der Waals surface area contributed by atoms with E-state index in [-0.39, 0.29) is 11.5 Å². The zero-order valence-corrected chi connectivity index (χ0v) is 15.5. The molecule has 0 aliphatic rings. The molecule has 156 valence electrons. The normalized spacial score (nSPS) is 11.2. The molecule has 0 aliphatic carbocycles. The monoisotopic (exact) mass is 427 g/mol. The van der Waals surface area contributed by atoms with Gasteiger partial charge in [0.25, 0.3) is 5.91 Å². The summed E-state index contributed by atoms with van der Waals surface area (Å²) in [5.41, 5.74) is 0.993. The molecule has 4 aromatic rings. The Morgan fingerprint density at radius 1 is 0.839 bits per heavy atom. The highest BCUT2D eigenvalue weighted by Crippen LogP contribution is 2.25. The van der Waals surface area contributed by atoms with Crippen molar-refractivity contribution in [2.45, 2.75) is 6.36 Å². The number of amides is 1. The Kier molecular flexibility index (Phi) is 5.31. The topological polar surface area (TPSA) is 99.1 Å². The Balaban J connectivity index is 1.49. The molecule has 31 heavy (non-hydrogen) atoms. The van der Waals surface area contributed by atoms with Crippen LogP contribution in [0.25, 0.3) is 11.0 Å². The number of alkyl halides is 3. The molecular weight excluding hydrogens is 415 g/mol. The Hall–Kier alpha value is -4.28. The number of ether oxygens (including phenoxy) is 2. The molecule has 0 radical (unpaired) electrons. The Morgan fingerprint density at radius 3 is 2.26 bits per heavy atom. The van der Waals surface area contributed by atoms with Crippen LogP contribution >= 0.6 is 0 Å². The average molecular weight is 427 g/mol. The van der Waals surface area contributed by atoms with Gasteiger partial charge in [-0.05, 0) is 48.5 Å². The lowest BCUT2D eigenvalue weighted by Crippen LogP contribution is -2.17. The summed E-state index contributed by atoms with van der Waals surface area (Å²) in [5.74, 6) is -0.0490. The van der Waals surface area contributed by atoms with Crippen molar-refractivity contribution >= 4 is 22.9 Å². The van der Waals surface area contributed by atoms with Crippen LogP contribution < -0.4 is 14.8 Å².